The minimum Gasteiger partial charge on any atom is -0.497 e. The lowest BCUT2D eigenvalue weighted by Crippen LogP contribution is -1.90. The van der Waals surface area contributed by atoms with Gasteiger partial charge in [-0.3, -0.25) is 10.1 Å². The maximum Gasteiger partial charge on any atom is 0.184 e. The standard InChI is InChI=1S/C18H13FN4O/c1-24-12-6-7-15(19)14(10-12)17-21-18(23-22-17)16-13-5-3-2-4-11(13)8-9-20-16/h2-10H,1H3,(H,21,22,23). The molecule has 4 aromatic rings. The molecule has 5 nitrogen and oxygen atoms in total. The first-order chi connectivity index (χ1) is 11.8. The quantitative estimate of drug-likeness (QED) is 0.623. The van der Waals surface area contributed by atoms with Crippen LogP contribution in [-0.2, 0) is 0 Å². The Morgan fingerprint density at radius 2 is 1.96 bits per heavy atom. The Balaban J connectivity index is 1.83. The Bertz CT molecular complexity index is 1020. The van der Waals surface area contributed by atoms with E-state index < -0.39 is 5.82 Å². The number of H-pyrrole nitrogens is 1. The smallest absolute Gasteiger partial charge is 0.184 e. The fourth-order valence-corrected chi connectivity index (χ4v) is 2.60. The number of pyridine rings is 1. The number of ether oxygens (including phenoxy) is 1. The van der Waals surface area contributed by atoms with Gasteiger partial charge in [-0.2, -0.15) is 5.10 Å². The fraction of sp³-hybridized carbons (Fsp3) is 0.0556. The van der Waals surface area contributed by atoms with Crippen molar-refractivity contribution in [2.75, 3.05) is 7.11 Å². The second-order valence-corrected chi connectivity index (χ2v) is 5.23. The highest BCUT2D eigenvalue weighted by atomic mass is 19.1. The summed E-state index contributed by atoms with van der Waals surface area (Å²) in [4.78, 5) is 8.80. The summed E-state index contributed by atoms with van der Waals surface area (Å²) < 4.78 is 19.2. The first kappa shape index (κ1) is 14.3. The molecule has 0 aliphatic rings. The third-order valence-electron chi connectivity index (χ3n) is 3.80. The van der Waals surface area contributed by atoms with Gasteiger partial charge in [-0.1, -0.05) is 24.3 Å². The van der Waals surface area contributed by atoms with Crippen LogP contribution in [0.25, 0.3) is 33.7 Å². The maximum absolute atomic E-state index is 14.1. The molecule has 4 rings (SSSR count). The van der Waals surface area contributed by atoms with Gasteiger partial charge in [0.15, 0.2) is 11.6 Å². The number of benzene rings is 2. The number of hydrogen-bond acceptors (Lipinski definition) is 4. The second-order valence-electron chi connectivity index (χ2n) is 5.23. The largest absolute Gasteiger partial charge is 0.497 e. The number of aromatic nitrogens is 4. The van der Waals surface area contributed by atoms with Crippen LogP contribution >= 0.6 is 0 Å². The predicted octanol–water partition coefficient (Wildman–Crippen LogP) is 3.83. The SMILES string of the molecule is COc1ccc(F)c(-c2n[nH]c(-c3nccc4ccccc34)n2)c1. The molecule has 2 heterocycles. The van der Waals surface area contributed by atoms with E-state index in [9.17, 15) is 4.39 Å². The van der Waals surface area contributed by atoms with Crippen molar-refractivity contribution >= 4 is 10.8 Å². The van der Waals surface area contributed by atoms with E-state index >= 15 is 0 Å². The highest BCUT2D eigenvalue weighted by molar-refractivity contribution is 5.92. The van der Waals surface area contributed by atoms with Crippen LogP contribution in [0.4, 0.5) is 4.39 Å². The third kappa shape index (κ3) is 2.38. The summed E-state index contributed by atoms with van der Waals surface area (Å²) in [6.07, 6.45) is 1.71. The summed E-state index contributed by atoms with van der Waals surface area (Å²) in [7, 11) is 1.53. The van der Waals surface area contributed by atoms with Crippen molar-refractivity contribution < 1.29 is 9.13 Å². The summed E-state index contributed by atoms with van der Waals surface area (Å²) in [5.41, 5.74) is 0.951. The molecule has 0 spiro atoms. The number of nitrogens with one attached hydrogen (secondary N) is 1. The minimum atomic E-state index is -0.410. The molecule has 2 aromatic heterocycles. The Kier molecular flexibility index (Phi) is 3.42. The Morgan fingerprint density at radius 1 is 1.08 bits per heavy atom. The van der Waals surface area contributed by atoms with Crippen LogP contribution < -0.4 is 4.74 Å². The molecule has 0 atom stereocenters. The number of fused-ring (bicyclic) bond motifs is 1. The minimum absolute atomic E-state index is 0.260. The van der Waals surface area contributed by atoms with E-state index in [0.717, 1.165) is 10.8 Å². The Labute approximate surface area is 137 Å². The molecule has 0 radical (unpaired) electrons. The van der Waals surface area contributed by atoms with Crippen LogP contribution in [0.2, 0.25) is 0 Å². The number of nitrogens with zero attached hydrogens (tertiary/aromatic N) is 3. The zero-order valence-corrected chi connectivity index (χ0v) is 12.8. The maximum atomic E-state index is 14.1. The molecule has 0 saturated heterocycles. The van der Waals surface area contributed by atoms with Gasteiger partial charge in [0.2, 0.25) is 0 Å². The van der Waals surface area contributed by atoms with Crippen molar-refractivity contribution in [1.29, 1.82) is 0 Å². The lowest BCUT2D eigenvalue weighted by Gasteiger charge is -2.03. The van der Waals surface area contributed by atoms with Crippen LogP contribution in [0.1, 0.15) is 0 Å². The fourth-order valence-electron chi connectivity index (χ4n) is 2.60. The number of rotatable bonds is 3. The van der Waals surface area contributed by atoms with E-state index in [1.165, 1.54) is 13.2 Å². The monoisotopic (exact) mass is 320 g/mol. The lowest BCUT2D eigenvalue weighted by molar-refractivity contribution is 0.414. The summed E-state index contributed by atoms with van der Waals surface area (Å²) in [5, 5.41) is 8.98. The zero-order chi connectivity index (χ0) is 16.5. The van der Waals surface area contributed by atoms with Crippen LogP contribution in [0, 0.1) is 5.82 Å². The number of methoxy groups -OCH3 is 1. The van der Waals surface area contributed by atoms with Gasteiger partial charge in [0.05, 0.1) is 12.7 Å². The van der Waals surface area contributed by atoms with E-state index in [2.05, 4.69) is 20.2 Å². The summed E-state index contributed by atoms with van der Waals surface area (Å²) in [6.45, 7) is 0. The van der Waals surface area contributed by atoms with E-state index in [1.54, 1.807) is 18.3 Å². The van der Waals surface area contributed by atoms with E-state index in [1.807, 2.05) is 30.3 Å². The van der Waals surface area contributed by atoms with Gasteiger partial charge in [0, 0.05) is 11.6 Å². The molecule has 0 aliphatic carbocycles. The van der Waals surface area contributed by atoms with Crippen molar-refractivity contribution in [3.63, 3.8) is 0 Å². The van der Waals surface area contributed by atoms with Gasteiger partial charge < -0.3 is 4.74 Å². The van der Waals surface area contributed by atoms with E-state index in [0.29, 0.717) is 17.3 Å². The average molecular weight is 320 g/mol. The van der Waals surface area contributed by atoms with Crippen molar-refractivity contribution in [2.45, 2.75) is 0 Å². The van der Waals surface area contributed by atoms with Crippen molar-refractivity contribution in [3.8, 4) is 28.7 Å². The van der Waals surface area contributed by atoms with Gasteiger partial charge in [-0.15, -0.1) is 0 Å². The molecule has 0 aliphatic heterocycles. The molecular weight excluding hydrogens is 307 g/mol. The molecule has 0 unspecified atom stereocenters. The average Bonchev–Trinajstić information content (AvgIpc) is 3.11. The molecule has 1 N–H and O–H groups in total. The normalized spacial score (nSPS) is 10.9. The van der Waals surface area contributed by atoms with E-state index in [4.69, 9.17) is 4.74 Å². The summed E-state index contributed by atoms with van der Waals surface area (Å²) in [6, 6.07) is 14.2. The molecule has 0 saturated carbocycles. The van der Waals surface area contributed by atoms with Gasteiger partial charge >= 0.3 is 0 Å². The highest BCUT2D eigenvalue weighted by Gasteiger charge is 2.15. The molecule has 2 aromatic carbocycles. The molecule has 24 heavy (non-hydrogen) atoms. The van der Waals surface area contributed by atoms with Crippen molar-refractivity contribution in [1.82, 2.24) is 20.2 Å². The van der Waals surface area contributed by atoms with Gasteiger partial charge in [-0.25, -0.2) is 9.37 Å². The van der Waals surface area contributed by atoms with Gasteiger partial charge in [0.1, 0.15) is 17.3 Å². The van der Waals surface area contributed by atoms with Gasteiger partial charge in [0.25, 0.3) is 0 Å². The van der Waals surface area contributed by atoms with Crippen molar-refractivity contribution in [2.24, 2.45) is 0 Å². The van der Waals surface area contributed by atoms with Crippen LogP contribution in [0.3, 0.4) is 0 Å². The zero-order valence-electron chi connectivity index (χ0n) is 12.8. The number of aromatic amines is 1. The molecule has 0 bridgehead atoms. The molecule has 0 amide bonds. The number of halogens is 1. The molecular formula is C18H13FN4O. The first-order valence-electron chi connectivity index (χ1n) is 7.36. The first-order valence-corrected chi connectivity index (χ1v) is 7.36. The van der Waals surface area contributed by atoms with Crippen LogP contribution in [0.15, 0.2) is 54.7 Å². The van der Waals surface area contributed by atoms with Crippen molar-refractivity contribution in [3.05, 3.63) is 60.5 Å². The molecule has 0 fully saturated rings. The lowest BCUT2D eigenvalue weighted by atomic mass is 10.1. The van der Waals surface area contributed by atoms with E-state index in [-0.39, 0.29) is 11.4 Å². The highest BCUT2D eigenvalue weighted by Crippen LogP contribution is 2.28. The Morgan fingerprint density at radius 3 is 2.83 bits per heavy atom. The predicted molar refractivity (Wildman–Crippen MR) is 89.1 cm³/mol. The summed E-state index contributed by atoms with van der Waals surface area (Å²) in [5.74, 6) is 0.883. The third-order valence-corrected chi connectivity index (χ3v) is 3.80. The summed E-state index contributed by atoms with van der Waals surface area (Å²) >= 11 is 0. The number of hydrogen-bond donors (Lipinski definition) is 1. The topological polar surface area (TPSA) is 63.7 Å². The van der Waals surface area contributed by atoms with Crippen LogP contribution in [-0.4, -0.2) is 27.3 Å². The molecule has 6 heteroatoms. The van der Waals surface area contributed by atoms with Crippen LogP contribution in [0.5, 0.6) is 5.75 Å². The second kappa shape index (κ2) is 5.73. The van der Waals surface area contributed by atoms with Gasteiger partial charge in [-0.05, 0) is 29.7 Å². The Hall–Kier alpha value is -3.28. The molecule has 118 valence electrons.